The van der Waals surface area contributed by atoms with Crippen molar-refractivity contribution in [3.8, 4) is 5.75 Å². The second-order valence-corrected chi connectivity index (χ2v) is 6.82. The summed E-state index contributed by atoms with van der Waals surface area (Å²) < 4.78 is 10.6. The minimum Gasteiger partial charge on any atom is -0.494 e. The normalized spacial score (nSPS) is 13.9. The maximum absolute atomic E-state index is 12.9. The molecule has 1 heterocycles. The van der Waals surface area contributed by atoms with Gasteiger partial charge in [0.05, 0.1) is 47.2 Å². The number of methoxy groups -OCH3 is 1. The van der Waals surface area contributed by atoms with E-state index in [1.54, 1.807) is 0 Å². The molecule has 1 fully saturated rings. The summed E-state index contributed by atoms with van der Waals surface area (Å²) in [5, 5.41) is 14.4. The molecule has 0 spiro atoms. The molecule has 0 atom stereocenters. The number of nitrogens with one attached hydrogen (secondary N) is 1. The van der Waals surface area contributed by atoms with Crippen LogP contribution in [0.2, 0.25) is 10.0 Å². The molecule has 3 rings (SSSR count). The summed E-state index contributed by atoms with van der Waals surface area (Å²) in [7, 11) is 1.40. The summed E-state index contributed by atoms with van der Waals surface area (Å²) in [6.07, 6.45) is 0. The number of nitro groups is 1. The van der Waals surface area contributed by atoms with Gasteiger partial charge in [-0.05, 0) is 18.2 Å². The molecule has 1 saturated heterocycles. The molecule has 2 aromatic carbocycles. The van der Waals surface area contributed by atoms with Crippen molar-refractivity contribution in [3.63, 3.8) is 0 Å². The van der Waals surface area contributed by atoms with Crippen molar-refractivity contribution >= 4 is 46.2 Å². The van der Waals surface area contributed by atoms with Gasteiger partial charge in [-0.25, -0.2) is 0 Å². The van der Waals surface area contributed by atoms with E-state index < -0.39 is 10.8 Å². The van der Waals surface area contributed by atoms with E-state index in [4.69, 9.17) is 32.7 Å². The Morgan fingerprint density at radius 1 is 1.25 bits per heavy atom. The van der Waals surface area contributed by atoms with Crippen LogP contribution in [0.3, 0.4) is 0 Å². The zero-order valence-corrected chi connectivity index (χ0v) is 16.4. The summed E-state index contributed by atoms with van der Waals surface area (Å²) >= 11 is 12.1. The van der Waals surface area contributed by atoms with Crippen molar-refractivity contribution in [1.82, 2.24) is 0 Å². The SMILES string of the molecule is COc1c(Cl)cc(Cl)cc1C(=O)Nc1ccc([N+](=O)[O-])cc1N1CCOCC1. The van der Waals surface area contributed by atoms with Crippen LogP contribution >= 0.6 is 23.2 Å². The predicted molar refractivity (Wildman–Crippen MR) is 107 cm³/mol. The number of anilines is 2. The molecule has 0 radical (unpaired) electrons. The molecule has 148 valence electrons. The van der Waals surface area contributed by atoms with Gasteiger partial charge in [-0.2, -0.15) is 0 Å². The van der Waals surface area contributed by atoms with Gasteiger partial charge >= 0.3 is 0 Å². The molecule has 2 aromatic rings. The third-order valence-corrected chi connectivity index (χ3v) is 4.75. The number of carbonyl (C=O) groups is 1. The van der Waals surface area contributed by atoms with E-state index >= 15 is 0 Å². The van der Waals surface area contributed by atoms with Crippen LogP contribution in [-0.4, -0.2) is 44.2 Å². The summed E-state index contributed by atoms with van der Waals surface area (Å²) in [5.41, 5.74) is 1.06. The first-order valence-electron chi connectivity index (χ1n) is 8.36. The van der Waals surface area contributed by atoms with E-state index in [0.29, 0.717) is 37.7 Å². The quantitative estimate of drug-likeness (QED) is 0.574. The standard InChI is InChI=1S/C18H17Cl2N3O5/c1-27-17-13(8-11(19)9-14(17)20)18(24)21-15-3-2-12(23(25)26)10-16(15)22-4-6-28-7-5-22/h2-3,8-10H,4-7H2,1H3,(H,21,24). The Morgan fingerprint density at radius 2 is 1.96 bits per heavy atom. The van der Waals surface area contributed by atoms with Gasteiger partial charge in [-0.3, -0.25) is 14.9 Å². The van der Waals surface area contributed by atoms with E-state index in [-0.39, 0.29) is 27.0 Å². The van der Waals surface area contributed by atoms with Gasteiger partial charge in [0, 0.05) is 30.2 Å². The van der Waals surface area contributed by atoms with Crippen LogP contribution in [0.25, 0.3) is 0 Å². The molecule has 1 amide bonds. The largest absolute Gasteiger partial charge is 0.494 e. The fourth-order valence-corrected chi connectivity index (χ4v) is 3.50. The van der Waals surface area contributed by atoms with Crippen molar-refractivity contribution in [3.05, 3.63) is 56.1 Å². The monoisotopic (exact) mass is 425 g/mol. The molecule has 1 aliphatic rings. The first-order valence-corrected chi connectivity index (χ1v) is 9.12. The maximum Gasteiger partial charge on any atom is 0.271 e. The summed E-state index contributed by atoms with van der Waals surface area (Å²) in [4.78, 5) is 25.5. The molecule has 0 unspecified atom stereocenters. The molecule has 0 saturated carbocycles. The van der Waals surface area contributed by atoms with Gasteiger partial charge in [0.15, 0.2) is 0 Å². The Hall–Kier alpha value is -2.55. The number of rotatable bonds is 5. The predicted octanol–water partition coefficient (Wildman–Crippen LogP) is 4.00. The van der Waals surface area contributed by atoms with Crippen molar-refractivity contribution in [2.75, 3.05) is 43.6 Å². The second kappa shape index (κ2) is 8.64. The average Bonchev–Trinajstić information content (AvgIpc) is 2.68. The topological polar surface area (TPSA) is 93.9 Å². The molecular weight excluding hydrogens is 409 g/mol. The smallest absolute Gasteiger partial charge is 0.271 e. The zero-order valence-electron chi connectivity index (χ0n) is 14.9. The number of halogens is 2. The van der Waals surface area contributed by atoms with Crippen LogP contribution in [-0.2, 0) is 4.74 Å². The number of hydrogen-bond donors (Lipinski definition) is 1. The number of nitro benzene ring substituents is 1. The third-order valence-electron chi connectivity index (χ3n) is 4.25. The van der Waals surface area contributed by atoms with Crippen LogP contribution in [0.15, 0.2) is 30.3 Å². The summed E-state index contributed by atoms with van der Waals surface area (Å²) in [5.74, 6) is -0.303. The highest BCUT2D eigenvalue weighted by Crippen LogP contribution is 2.35. The molecule has 28 heavy (non-hydrogen) atoms. The number of amides is 1. The van der Waals surface area contributed by atoms with E-state index in [9.17, 15) is 14.9 Å². The minimum atomic E-state index is -0.496. The average molecular weight is 426 g/mol. The number of carbonyl (C=O) groups excluding carboxylic acids is 1. The fraction of sp³-hybridized carbons (Fsp3) is 0.278. The molecule has 0 bridgehead atoms. The number of morpholine rings is 1. The highest BCUT2D eigenvalue weighted by Gasteiger charge is 2.22. The van der Waals surface area contributed by atoms with E-state index in [1.165, 1.54) is 37.4 Å². The van der Waals surface area contributed by atoms with Gasteiger partial charge in [0.2, 0.25) is 0 Å². The lowest BCUT2D eigenvalue weighted by Gasteiger charge is -2.30. The van der Waals surface area contributed by atoms with E-state index in [2.05, 4.69) is 5.32 Å². The summed E-state index contributed by atoms with van der Waals surface area (Å²) in [6, 6.07) is 7.19. The fourth-order valence-electron chi connectivity index (χ4n) is 2.93. The van der Waals surface area contributed by atoms with Gasteiger partial charge in [-0.15, -0.1) is 0 Å². The lowest BCUT2D eigenvalue weighted by atomic mass is 10.1. The molecule has 1 N–H and O–H groups in total. The maximum atomic E-state index is 12.9. The zero-order chi connectivity index (χ0) is 20.3. The molecular formula is C18H17Cl2N3O5. The second-order valence-electron chi connectivity index (χ2n) is 5.98. The number of nitrogens with zero attached hydrogens (tertiary/aromatic N) is 2. The van der Waals surface area contributed by atoms with Crippen molar-refractivity contribution < 1.29 is 19.2 Å². The van der Waals surface area contributed by atoms with E-state index in [1.807, 2.05) is 4.90 Å². The first kappa shape index (κ1) is 20.2. The van der Waals surface area contributed by atoms with Gasteiger partial charge in [-0.1, -0.05) is 23.2 Å². The van der Waals surface area contributed by atoms with Crippen molar-refractivity contribution in [1.29, 1.82) is 0 Å². The Balaban J connectivity index is 1.97. The number of hydrogen-bond acceptors (Lipinski definition) is 6. The van der Waals surface area contributed by atoms with Crippen molar-refractivity contribution in [2.24, 2.45) is 0 Å². The Morgan fingerprint density at radius 3 is 2.61 bits per heavy atom. The lowest BCUT2D eigenvalue weighted by Crippen LogP contribution is -2.36. The van der Waals surface area contributed by atoms with Crippen LogP contribution in [0.1, 0.15) is 10.4 Å². The Labute approximate surface area is 171 Å². The van der Waals surface area contributed by atoms with Crippen LogP contribution < -0.4 is 15.0 Å². The number of non-ortho nitro benzene ring substituents is 1. The minimum absolute atomic E-state index is 0.0668. The highest BCUT2D eigenvalue weighted by atomic mass is 35.5. The van der Waals surface area contributed by atoms with Crippen LogP contribution in [0.5, 0.6) is 5.75 Å². The van der Waals surface area contributed by atoms with Gasteiger partial charge < -0.3 is 19.7 Å². The number of benzene rings is 2. The van der Waals surface area contributed by atoms with E-state index in [0.717, 1.165) is 0 Å². The highest BCUT2D eigenvalue weighted by molar-refractivity contribution is 6.36. The molecule has 0 aromatic heterocycles. The van der Waals surface area contributed by atoms with Gasteiger partial charge in [0.1, 0.15) is 5.75 Å². The van der Waals surface area contributed by atoms with Crippen molar-refractivity contribution in [2.45, 2.75) is 0 Å². The van der Waals surface area contributed by atoms with Crippen LogP contribution in [0, 0.1) is 10.1 Å². The van der Waals surface area contributed by atoms with Gasteiger partial charge in [0.25, 0.3) is 11.6 Å². The first-order chi connectivity index (χ1) is 13.4. The summed E-state index contributed by atoms with van der Waals surface area (Å²) in [6.45, 7) is 2.09. The molecule has 0 aliphatic carbocycles. The third kappa shape index (κ3) is 4.30. The Kier molecular flexibility index (Phi) is 6.23. The molecule has 1 aliphatic heterocycles. The Bertz CT molecular complexity index is 916. The lowest BCUT2D eigenvalue weighted by molar-refractivity contribution is -0.384. The molecule has 8 nitrogen and oxygen atoms in total. The molecule has 10 heteroatoms. The van der Waals surface area contributed by atoms with Crippen LogP contribution in [0.4, 0.5) is 17.1 Å². The number of ether oxygens (including phenoxy) is 2.